The number of aliphatic hydroxyl groups is 2. The van der Waals surface area contributed by atoms with Crippen LogP contribution in [0, 0.1) is 5.82 Å². The first-order chi connectivity index (χ1) is 13.7. The summed E-state index contributed by atoms with van der Waals surface area (Å²) in [7, 11) is 0. The van der Waals surface area contributed by atoms with Gasteiger partial charge in [0.15, 0.2) is 11.6 Å². The lowest BCUT2D eigenvalue weighted by atomic mass is 10.0. The van der Waals surface area contributed by atoms with Crippen LogP contribution in [0.25, 0.3) is 0 Å². The molecule has 1 amide bonds. The van der Waals surface area contributed by atoms with Crippen molar-refractivity contribution >= 4 is 6.09 Å². The number of halogens is 1. The maximum Gasteiger partial charge on any atom is 0.407 e. The van der Waals surface area contributed by atoms with Crippen molar-refractivity contribution in [3.05, 3.63) is 65.5 Å². The third-order valence-electron chi connectivity index (χ3n) is 4.04. The van der Waals surface area contributed by atoms with Gasteiger partial charge in [-0.2, -0.15) is 0 Å². The second-order valence-corrected chi connectivity index (χ2v) is 7.75. The number of carbonyl (C=O) groups is 1. The normalized spacial score (nSPS) is 13.4. The molecule has 6 nitrogen and oxygen atoms in total. The Morgan fingerprint density at radius 1 is 1.14 bits per heavy atom. The number of carbonyl (C=O) groups excluding carboxylic acids is 1. The smallest absolute Gasteiger partial charge is 0.407 e. The van der Waals surface area contributed by atoms with Crippen LogP contribution in [0.5, 0.6) is 5.75 Å². The molecular formula is C22H28FNO5. The molecule has 0 aliphatic heterocycles. The summed E-state index contributed by atoms with van der Waals surface area (Å²) in [6, 6.07) is 13.0. The molecule has 0 aliphatic rings. The third-order valence-corrected chi connectivity index (χ3v) is 4.04. The van der Waals surface area contributed by atoms with Crippen LogP contribution in [0.3, 0.4) is 0 Å². The number of rotatable bonds is 8. The molecule has 29 heavy (non-hydrogen) atoms. The summed E-state index contributed by atoms with van der Waals surface area (Å²) < 4.78 is 25.1. The van der Waals surface area contributed by atoms with Crippen molar-refractivity contribution in [3.63, 3.8) is 0 Å². The molecule has 0 bridgehead atoms. The summed E-state index contributed by atoms with van der Waals surface area (Å²) in [4.78, 5) is 12.0. The molecular weight excluding hydrogens is 377 g/mol. The van der Waals surface area contributed by atoms with Crippen LogP contribution < -0.4 is 10.1 Å². The highest BCUT2D eigenvalue weighted by Gasteiger charge is 2.25. The van der Waals surface area contributed by atoms with Gasteiger partial charge >= 0.3 is 6.09 Å². The molecule has 0 aromatic heterocycles. The summed E-state index contributed by atoms with van der Waals surface area (Å²) in [5.41, 5.74) is 0.745. The summed E-state index contributed by atoms with van der Waals surface area (Å²) in [6.07, 6.45) is -1.84. The van der Waals surface area contributed by atoms with E-state index in [0.717, 1.165) is 5.56 Å². The number of aliphatic hydroxyl groups excluding tert-OH is 2. The van der Waals surface area contributed by atoms with Crippen LogP contribution in [0.15, 0.2) is 48.5 Å². The van der Waals surface area contributed by atoms with Gasteiger partial charge < -0.3 is 25.0 Å². The first kappa shape index (κ1) is 22.6. The van der Waals surface area contributed by atoms with Crippen LogP contribution >= 0.6 is 0 Å². The van der Waals surface area contributed by atoms with E-state index in [4.69, 9.17) is 9.47 Å². The minimum Gasteiger partial charge on any atom is -0.486 e. The van der Waals surface area contributed by atoms with Crippen molar-refractivity contribution in [2.45, 2.75) is 51.5 Å². The van der Waals surface area contributed by atoms with Gasteiger partial charge in [0.2, 0.25) is 0 Å². The second kappa shape index (κ2) is 10.2. The van der Waals surface area contributed by atoms with Crippen molar-refractivity contribution in [3.8, 4) is 5.75 Å². The highest BCUT2D eigenvalue weighted by atomic mass is 19.1. The lowest BCUT2D eigenvalue weighted by molar-refractivity contribution is 0.0320. The standard InChI is InChI=1S/C22H28FNO5/c1-22(2,3)29-21(27)24-18(19(26)13-25)12-16-9-10-20(17(23)11-16)28-14-15-7-5-4-6-8-15/h4-11,18-19,25-26H,12-14H2,1-3H3,(H,24,27)/t18-,19+/m0/s1. The number of hydrogen-bond donors (Lipinski definition) is 3. The van der Waals surface area contributed by atoms with Crippen molar-refractivity contribution in [2.75, 3.05) is 6.61 Å². The van der Waals surface area contributed by atoms with Gasteiger partial charge in [0.05, 0.1) is 18.8 Å². The number of nitrogens with one attached hydrogen (secondary N) is 1. The van der Waals surface area contributed by atoms with Gasteiger partial charge in [0.1, 0.15) is 12.2 Å². The zero-order valence-corrected chi connectivity index (χ0v) is 16.9. The number of benzene rings is 2. The maximum absolute atomic E-state index is 14.4. The summed E-state index contributed by atoms with van der Waals surface area (Å²) in [5.74, 6) is -0.440. The second-order valence-electron chi connectivity index (χ2n) is 7.75. The zero-order valence-electron chi connectivity index (χ0n) is 16.9. The lowest BCUT2D eigenvalue weighted by Gasteiger charge is -2.26. The fraction of sp³-hybridized carbons (Fsp3) is 0.409. The highest BCUT2D eigenvalue weighted by molar-refractivity contribution is 5.68. The molecule has 0 fully saturated rings. The van der Waals surface area contributed by atoms with Gasteiger partial charge in [-0.3, -0.25) is 0 Å². The van der Waals surface area contributed by atoms with Gasteiger partial charge in [-0.25, -0.2) is 9.18 Å². The van der Waals surface area contributed by atoms with E-state index in [1.54, 1.807) is 26.8 Å². The van der Waals surface area contributed by atoms with E-state index < -0.39 is 36.3 Å². The molecule has 7 heteroatoms. The predicted molar refractivity (Wildman–Crippen MR) is 107 cm³/mol. The number of amides is 1. The van der Waals surface area contributed by atoms with E-state index in [1.165, 1.54) is 12.1 Å². The molecule has 2 aromatic carbocycles. The lowest BCUT2D eigenvalue weighted by Crippen LogP contribution is -2.48. The molecule has 0 radical (unpaired) electrons. The van der Waals surface area contributed by atoms with Crippen LogP contribution in [0.1, 0.15) is 31.9 Å². The summed E-state index contributed by atoms with van der Waals surface area (Å²) >= 11 is 0. The predicted octanol–water partition coefficient (Wildman–Crippen LogP) is 3.19. The molecule has 2 atom stereocenters. The molecule has 0 saturated heterocycles. The van der Waals surface area contributed by atoms with Gasteiger partial charge in [0, 0.05) is 0 Å². The maximum atomic E-state index is 14.4. The Balaban J connectivity index is 2.03. The number of hydrogen-bond acceptors (Lipinski definition) is 5. The van der Waals surface area contributed by atoms with E-state index in [1.807, 2.05) is 30.3 Å². The summed E-state index contributed by atoms with van der Waals surface area (Å²) in [5, 5.41) is 21.8. The van der Waals surface area contributed by atoms with Crippen LogP contribution in [-0.2, 0) is 17.8 Å². The first-order valence-electron chi connectivity index (χ1n) is 9.41. The average Bonchev–Trinajstić information content (AvgIpc) is 2.65. The Morgan fingerprint density at radius 2 is 1.83 bits per heavy atom. The Bertz CT molecular complexity index is 792. The molecule has 0 aliphatic carbocycles. The van der Waals surface area contributed by atoms with Gasteiger partial charge in [0.25, 0.3) is 0 Å². The third kappa shape index (κ3) is 7.71. The van der Waals surface area contributed by atoms with E-state index in [9.17, 15) is 19.4 Å². The monoisotopic (exact) mass is 405 g/mol. The molecule has 0 heterocycles. The van der Waals surface area contributed by atoms with Crippen LogP contribution in [0.2, 0.25) is 0 Å². The van der Waals surface area contributed by atoms with Crippen LogP contribution in [0.4, 0.5) is 9.18 Å². The average molecular weight is 405 g/mol. The van der Waals surface area contributed by atoms with Crippen molar-refractivity contribution in [2.24, 2.45) is 0 Å². The molecule has 3 N–H and O–H groups in total. The van der Waals surface area contributed by atoms with E-state index in [0.29, 0.717) is 5.56 Å². The highest BCUT2D eigenvalue weighted by Crippen LogP contribution is 2.21. The Morgan fingerprint density at radius 3 is 2.41 bits per heavy atom. The Hall–Kier alpha value is -2.64. The minimum absolute atomic E-state index is 0.108. The number of alkyl carbamates (subject to hydrolysis) is 1. The molecule has 158 valence electrons. The van der Waals surface area contributed by atoms with E-state index in [2.05, 4.69) is 5.32 Å². The van der Waals surface area contributed by atoms with Gasteiger partial charge in [-0.15, -0.1) is 0 Å². The van der Waals surface area contributed by atoms with E-state index >= 15 is 0 Å². The molecule has 0 saturated carbocycles. The Labute approximate surface area is 170 Å². The molecule has 2 rings (SSSR count). The molecule has 0 spiro atoms. The largest absolute Gasteiger partial charge is 0.486 e. The first-order valence-corrected chi connectivity index (χ1v) is 9.41. The van der Waals surface area contributed by atoms with Crippen molar-refractivity contribution in [1.82, 2.24) is 5.32 Å². The number of ether oxygens (including phenoxy) is 2. The van der Waals surface area contributed by atoms with Crippen molar-refractivity contribution < 1.29 is 28.9 Å². The van der Waals surface area contributed by atoms with Gasteiger partial charge in [-0.1, -0.05) is 36.4 Å². The fourth-order valence-electron chi connectivity index (χ4n) is 2.65. The van der Waals surface area contributed by atoms with Gasteiger partial charge in [-0.05, 0) is 50.5 Å². The van der Waals surface area contributed by atoms with E-state index in [-0.39, 0.29) is 18.8 Å². The minimum atomic E-state index is -1.22. The topological polar surface area (TPSA) is 88.0 Å². The SMILES string of the molecule is CC(C)(C)OC(=O)N[C@@H](Cc1ccc(OCc2ccccc2)c(F)c1)[C@H](O)CO. The quantitative estimate of drug-likeness (QED) is 0.628. The van der Waals surface area contributed by atoms with Crippen LogP contribution in [-0.4, -0.2) is 40.7 Å². The van der Waals surface area contributed by atoms with Crippen molar-refractivity contribution in [1.29, 1.82) is 0 Å². The summed E-state index contributed by atoms with van der Waals surface area (Å²) in [6.45, 7) is 4.83. The Kier molecular flexibility index (Phi) is 7.99. The zero-order chi connectivity index (χ0) is 21.4. The molecule has 2 aromatic rings. The fourth-order valence-corrected chi connectivity index (χ4v) is 2.65. The molecule has 0 unspecified atom stereocenters.